The van der Waals surface area contributed by atoms with E-state index < -0.39 is 18.6 Å². The Labute approximate surface area is 144 Å². The van der Waals surface area contributed by atoms with Gasteiger partial charge in [-0.05, 0) is 29.8 Å². The largest absolute Gasteiger partial charge is 0.451 e. The van der Waals surface area contributed by atoms with Crippen LogP contribution in [0.5, 0.6) is 5.75 Å². The Hall–Kier alpha value is -2.97. The van der Waals surface area contributed by atoms with Crippen LogP contribution in [0.3, 0.4) is 0 Å². The monoisotopic (exact) mass is 369 g/mol. The number of rotatable bonds is 5. The molecule has 0 aliphatic carbocycles. The van der Waals surface area contributed by atoms with Crippen molar-refractivity contribution in [2.75, 3.05) is 5.32 Å². The molecule has 2 aromatic carbocycles. The zero-order valence-electron chi connectivity index (χ0n) is 13.1. The lowest BCUT2D eigenvalue weighted by molar-refractivity contribution is -0.144. The van der Waals surface area contributed by atoms with Gasteiger partial charge >= 0.3 is 12.8 Å². The maximum absolute atomic E-state index is 13.0. The first-order valence-electron chi connectivity index (χ1n) is 7.44. The summed E-state index contributed by atoms with van der Waals surface area (Å²) in [6.07, 6.45) is -4.69. The van der Waals surface area contributed by atoms with Gasteiger partial charge in [-0.1, -0.05) is 24.3 Å². The van der Waals surface area contributed by atoms with Gasteiger partial charge in [0.1, 0.15) is 11.6 Å². The predicted octanol–water partition coefficient (Wildman–Crippen LogP) is 4.86. The Bertz CT molecular complexity index is 914. The van der Waals surface area contributed by atoms with E-state index >= 15 is 0 Å². The highest BCUT2D eigenvalue weighted by atomic mass is 19.4. The van der Waals surface area contributed by atoms with E-state index in [1.54, 1.807) is 24.3 Å². The summed E-state index contributed by atoms with van der Waals surface area (Å²) in [4.78, 5) is 7.09. The first-order chi connectivity index (χ1) is 12.3. The third-order valence-electron chi connectivity index (χ3n) is 3.44. The second-order valence-corrected chi connectivity index (χ2v) is 5.29. The summed E-state index contributed by atoms with van der Waals surface area (Å²) < 4.78 is 67.8. The first-order valence-corrected chi connectivity index (χ1v) is 7.44. The Morgan fingerprint density at radius 1 is 1.00 bits per heavy atom. The van der Waals surface area contributed by atoms with Crippen molar-refractivity contribution in [1.82, 2.24) is 9.97 Å². The molecule has 0 aliphatic rings. The van der Waals surface area contributed by atoms with E-state index in [1.165, 1.54) is 24.3 Å². The fourth-order valence-electron chi connectivity index (χ4n) is 2.36. The van der Waals surface area contributed by atoms with Crippen LogP contribution in [-0.2, 0) is 12.7 Å². The molecule has 0 saturated heterocycles. The van der Waals surface area contributed by atoms with E-state index in [0.717, 1.165) is 0 Å². The van der Waals surface area contributed by atoms with Crippen LogP contribution in [0.4, 0.5) is 27.8 Å². The highest BCUT2D eigenvalue weighted by Crippen LogP contribution is 2.30. The molecular weight excluding hydrogens is 357 g/mol. The summed E-state index contributed by atoms with van der Waals surface area (Å²) in [6.45, 7) is -2.89. The number of benzene rings is 2. The number of fused-ring (bicyclic) bond motifs is 1. The number of nitrogens with zero attached hydrogens (tertiary/aromatic N) is 2. The molecule has 1 heterocycles. The summed E-state index contributed by atoms with van der Waals surface area (Å²) in [6, 6.07) is 12.1. The van der Waals surface area contributed by atoms with Crippen molar-refractivity contribution < 1.29 is 26.7 Å². The van der Waals surface area contributed by atoms with E-state index in [4.69, 9.17) is 0 Å². The second-order valence-electron chi connectivity index (χ2n) is 5.29. The summed E-state index contributed by atoms with van der Waals surface area (Å²) in [7, 11) is 0. The van der Waals surface area contributed by atoms with Gasteiger partial charge in [-0.3, -0.25) is 0 Å². The molecule has 1 N–H and O–H groups in total. The second kappa shape index (κ2) is 7.11. The van der Waals surface area contributed by atoms with E-state index in [0.29, 0.717) is 10.9 Å². The number of para-hydroxylation sites is 1. The minimum Gasteiger partial charge on any atom is -0.435 e. The molecular formula is C17H12F5N3O. The Morgan fingerprint density at radius 3 is 2.50 bits per heavy atom. The lowest BCUT2D eigenvalue weighted by Gasteiger charge is -2.13. The van der Waals surface area contributed by atoms with Crippen molar-refractivity contribution in [2.45, 2.75) is 19.3 Å². The molecule has 0 aliphatic heterocycles. The highest BCUT2D eigenvalue weighted by molar-refractivity contribution is 5.89. The van der Waals surface area contributed by atoms with Gasteiger partial charge in [0.2, 0.25) is 5.82 Å². The van der Waals surface area contributed by atoms with Crippen molar-refractivity contribution in [3.63, 3.8) is 0 Å². The Kier molecular flexibility index (Phi) is 4.88. The Morgan fingerprint density at radius 2 is 1.77 bits per heavy atom. The predicted molar refractivity (Wildman–Crippen MR) is 84.9 cm³/mol. The van der Waals surface area contributed by atoms with Gasteiger partial charge in [0.15, 0.2) is 0 Å². The normalized spacial score (nSPS) is 11.8. The molecule has 0 fully saturated rings. The number of anilines is 1. The summed E-state index contributed by atoms with van der Waals surface area (Å²) in [5, 5.41) is 3.22. The zero-order valence-corrected chi connectivity index (χ0v) is 13.1. The first kappa shape index (κ1) is 17.8. The van der Waals surface area contributed by atoms with Gasteiger partial charge in [0, 0.05) is 11.9 Å². The number of hydrogen-bond donors (Lipinski definition) is 1. The van der Waals surface area contributed by atoms with E-state index in [1.807, 2.05) is 0 Å². The van der Waals surface area contributed by atoms with Crippen molar-refractivity contribution in [1.29, 1.82) is 0 Å². The van der Waals surface area contributed by atoms with Crippen LogP contribution in [0.15, 0.2) is 48.5 Å². The molecule has 136 valence electrons. The molecule has 3 aromatic rings. The van der Waals surface area contributed by atoms with Crippen LogP contribution in [0, 0.1) is 0 Å². The maximum Gasteiger partial charge on any atom is 0.451 e. The summed E-state index contributed by atoms with van der Waals surface area (Å²) in [5.74, 6) is -1.29. The van der Waals surface area contributed by atoms with Gasteiger partial charge in [0.25, 0.3) is 0 Å². The SMILES string of the molecule is FC(F)Oc1cccc(CNc2nc(C(F)(F)F)nc3ccccc23)c1. The van der Waals surface area contributed by atoms with Gasteiger partial charge in [-0.15, -0.1) is 0 Å². The molecule has 0 bridgehead atoms. The number of nitrogens with one attached hydrogen (secondary N) is 1. The van der Waals surface area contributed by atoms with E-state index in [2.05, 4.69) is 20.0 Å². The fraction of sp³-hybridized carbons (Fsp3) is 0.176. The molecule has 1 aromatic heterocycles. The minimum atomic E-state index is -4.69. The van der Waals surface area contributed by atoms with Crippen molar-refractivity contribution >= 4 is 16.7 Å². The van der Waals surface area contributed by atoms with Crippen molar-refractivity contribution in [3.8, 4) is 5.75 Å². The van der Waals surface area contributed by atoms with Crippen LogP contribution in [0.1, 0.15) is 11.4 Å². The average Bonchev–Trinajstić information content (AvgIpc) is 2.58. The van der Waals surface area contributed by atoms with Crippen LogP contribution in [-0.4, -0.2) is 16.6 Å². The van der Waals surface area contributed by atoms with Crippen LogP contribution in [0.2, 0.25) is 0 Å². The molecule has 26 heavy (non-hydrogen) atoms. The van der Waals surface area contributed by atoms with E-state index in [-0.39, 0.29) is 23.6 Å². The number of halogens is 5. The molecule has 0 unspecified atom stereocenters. The van der Waals surface area contributed by atoms with Gasteiger partial charge in [0.05, 0.1) is 5.52 Å². The quantitative estimate of drug-likeness (QED) is 0.653. The lowest BCUT2D eigenvalue weighted by atomic mass is 10.2. The summed E-state index contributed by atoms with van der Waals surface area (Å²) in [5.41, 5.74) is 0.687. The lowest BCUT2D eigenvalue weighted by Crippen LogP contribution is -2.13. The van der Waals surface area contributed by atoms with Crippen LogP contribution >= 0.6 is 0 Å². The number of hydrogen-bond acceptors (Lipinski definition) is 4. The third-order valence-corrected chi connectivity index (χ3v) is 3.44. The highest BCUT2D eigenvalue weighted by Gasteiger charge is 2.35. The molecule has 0 saturated carbocycles. The summed E-state index contributed by atoms with van der Waals surface area (Å²) >= 11 is 0. The van der Waals surface area contributed by atoms with Gasteiger partial charge in [-0.2, -0.15) is 22.0 Å². The third kappa shape index (κ3) is 4.16. The zero-order chi connectivity index (χ0) is 18.7. The smallest absolute Gasteiger partial charge is 0.435 e. The van der Waals surface area contributed by atoms with Crippen molar-refractivity contribution in [2.24, 2.45) is 0 Å². The van der Waals surface area contributed by atoms with Crippen molar-refractivity contribution in [3.05, 3.63) is 59.9 Å². The van der Waals surface area contributed by atoms with Gasteiger partial charge in [-0.25, -0.2) is 9.97 Å². The Balaban J connectivity index is 1.89. The molecule has 9 heteroatoms. The molecule has 0 radical (unpaired) electrons. The van der Waals surface area contributed by atoms with Crippen LogP contribution < -0.4 is 10.1 Å². The fourth-order valence-corrected chi connectivity index (χ4v) is 2.36. The number of alkyl halides is 5. The standard InChI is InChI=1S/C17H12F5N3O/c18-16(19)26-11-5-3-4-10(8-11)9-23-14-12-6-1-2-7-13(12)24-15(25-14)17(20,21)22/h1-8,16H,9H2,(H,23,24,25). The van der Waals surface area contributed by atoms with Crippen LogP contribution in [0.25, 0.3) is 10.9 Å². The van der Waals surface area contributed by atoms with E-state index in [9.17, 15) is 22.0 Å². The number of aromatic nitrogens is 2. The number of ether oxygens (including phenoxy) is 1. The van der Waals surface area contributed by atoms with Gasteiger partial charge < -0.3 is 10.1 Å². The molecule has 4 nitrogen and oxygen atoms in total. The maximum atomic E-state index is 13.0. The molecule has 0 amide bonds. The molecule has 3 rings (SSSR count). The molecule has 0 atom stereocenters. The topological polar surface area (TPSA) is 47.0 Å². The average molecular weight is 369 g/mol. The molecule has 0 spiro atoms. The minimum absolute atomic E-state index is 0.00288.